The molecule has 2 aliphatic heterocycles. The van der Waals surface area contributed by atoms with Crippen molar-refractivity contribution in [2.24, 2.45) is 0 Å². The highest BCUT2D eigenvalue weighted by molar-refractivity contribution is 5.49. The Kier molecular flexibility index (Phi) is 8.03. The van der Waals surface area contributed by atoms with Gasteiger partial charge in [0.05, 0.1) is 6.04 Å². The molecule has 0 saturated carbocycles. The second-order valence-corrected chi connectivity index (χ2v) is 9.35. The quantitative estimate of drug-likeness (QED) is 0.361. The van der Waals surface area contributed by atoms with Crippen molar-refractivity contribution in [3.8, 4) is 0 Å². The zero-order chi connectivity index (χ0) is 23.9. The van der Waals surface area contributed by atoms with Crippen LogP contribution in [0.1, 0.15) is 43.7 Å². The zero-order valence-corrected chi connectivity index (χ0v) is 20.7. The third-order valence-electron chi connectivity index (χ3n) is 7.08. The van der Waals surface area contributed by atoms with Crippen LogP contribution in [-0.2, 0) is 13.0 Å². The van der Waals surface area contributed by atoms with Gasteiger partial charge in [0.25, 0.3) is 0 Å². The molecule has 0 bridgehead atoms. The lowest BCUT2D eigenvalue weighted by atomic mass is 9.90. The number of benzene rings is 1. The van der Waals surface area contributed by atoms with E-state index in [1.807, 2.05) is 12.2 Å². The summed E-state index contributed by atoms with van der Waals surface area (Å²) in [5, 5.41) is 0. The van der Waals surface area contributed by atoms with Crippen molar-refractivity contribution in [2.45, 2.75) is 51.6 Å². The molecule has 3 aliphatic rings. The van der Waals surface area contributed by atoms with Crippen molar-refractivity contribution in [1.82, 2.24) is 9.80 Å². The summed E-state index contributed by atoms with van der Waals surface area (Å²) >= 11 is 0. The average molecular weight is 451 g/mol. The van der Waals surface area contributed by atoms with Gasteiger partial charge in [-0.15, -0.1) is 0 Å². The van der Waals surface area contributed by atoms with Gasteiger partial charge in [0.1, 0.15) is 0 Å². The molecule has 0 aromatic heterocycles. The van der Waals surface area contributed by atoms with Gasteiger partial charge in [0.15, 0.2) is 0 Å². The summed E-state index contributed by atoms with van der Waals surface area (Å²) in [7, 11) is 0. The van der Waals surface area contributed by atoms with Crippen molar-refractivity contribution in [2.75, 3.05) is 13.1 Å². The van der Waals surface area contributed by atoms with E-state index in [0.717, 1.165) is 44.5 Å². The SMILES string of the molecule is C=C/C=C(\C=C)C1C2=CC(=C)C(CCC3=CCCC=C3)=CN2CCN1Cc1ccc(CC)cc1. The highest BCUT2D eigenvalue weighted by Crippen LogP contribution is 2.36. The molecule has 1 aliphatic carbocycles. The molecule has 1 saturated heterocycles. The fourth-order valence-corrected chi connectivity index (χ4v) is 5.11. The molecule has 1 fully saturated rings. The Labute approximate surface area is 206 Å². The van der Waals surface area contributed by atoms with Gasteiger partial charge in [-0.25, -0.2) is 0 Å². The Balaban J connectivity index is 1.56. The van der Waals surface area contributed by atoms with E-state index in [1.165, 1.54) is 46.4 Å². The first-order valence-corrected chi connectivity index (χ1v) is 12.6. The molecule has 2 nitrogen and oxygen atoms in total. The summed E-state index contributed by atoms with van der Waals surface area (Å²) in [5.41, 5.74) is 9.12. The molecule has 34 heavy (non-hydrogen) atoms. The maximum Gasteiger partial charge on any atom is 0.0759 e. The predicted molar refractivity (Wildman–Crippen MR) is 146 cm³/mol. The Morgan fingerprint density at radius 2 is 1.85 bits per heavy atom. The molecular formula is C32H38N2. The third-order valence-corrected chi connectivity index (χ3v) is 7.08. The monoisotopic (exact) mass is 450 g/mol. The predicted octanol–water partition coefficient (Wildman–Crippen LogP) is 7.43. The van der Waals surface area contributed by atoms with Crippen LogP contribution in [0.4, 0.5) is 0 Å². The second-order valence-electron chi connectivity index (χ2n) is 9.35. The van der Waals surface area contributed by atoms with E-state index in [4.69, 9.17) is 0 Å². The molecule has 2 heteroatoms. The van der Waals surface area contributed by atoms with Crippen molar-refractivity contribution in [1.29, 1.82) is 0 Å². The lowest BCUT2D eigenvalue weighted by molar-refractivity contribution is 0.155. The fourth-order valence-electron chi connectivity index (χ4n) is 5.11. The maximum atomic E-state index is 4.45. The lowest BCUT2D eigenvalue weighted by Crippen LogP contribution is -2.50. The minimum absolute atomic E-state index is 0.133. The summed E-state index contributed by atoms with van der Waals surface area (Å²) < 4.78 is 0. The molecule has 1 aromatic carbocycles. The molecule has 4 rings (SSSR count). The van der Waals surface area contributed by atoms with Gasteiger partial charge in [-0.05, 0) is 66.0 Å². The highest BCUT2D eigenvalue weighted by atomic mass is 15.3. The third kappa shape index (κ3) is 5.51. The minimum atomic E-state index is 0.133. The van der Waals surface area contributed by atoms with Crippen LogP contribution in [0.2, 0.25) is 0 Å². The van der Waals surface area contributed by atoms with E-state index in [9.17, 15) is 0 Å². The summed E-state index contributed by atoms with van der Waals surface area (Å²) in [6.07, 6.45) is 23.1. The second kappa shape index (κ2) is 11.4. The van der Waals surface area contributed by atoms with Crippen LogP contribution in [0, 0.1) is 0 Å². The molecule has 0 N–H and O–H groups in total. The van der Waals surface area contributed by atoms with Crippen LogP contribution in [0.15, 0.2) is 121 Å². The number of piperazine rings is 1. The number of hydrogen-bond donors (Lipinski definition) is 0. The topological polar surface area (TPSA) is 6.48 Å². The highest BCUT2D eigenvalue weighted by Gasteiger charge is 2.34. The van der Waals surface area contributed by atoms with Gasteiger partial charge >= 0.3 is 0 Å². The Bertz CT molecular complexity index is 1070. The van der Waals surface area contributed by atoms with Crippen LogP contribution >= 0.6 is 0 Å². The van der Waals surface area contributed by atoms with E-state index in [2.05, 4.69) is 97.3 Å². The Morgan fingerprint density at radius 1 is 1.06 bits per heavy atom. The van der Waals surface area contributed by atoms with Crippen LogP contribution in [-0.4, -0.2) is 28.9 Å². The smallest absolute Gasteiger partial charge is 0.0759 e. The molecule has 176 valence electrons. The van der Waals surface area contributed by atoms with Gasteiger partial charge in [0.2, 0.25) is 0 Å². The first kappa shape index (κ1) is 24.0. The number of rotatable bonds is 9. The van der Waals surface area contributed by atoms with Crippen molar-refractivity contribution < 1.29 is 0 Å². The minimum Gasteiger partial charge on any atom is -0.348 e. The van der Waals surface area contributed by atoms with Gasteiger partial charge in [-0.2, -0.15) is 0 Å². The van der Waals surface area contributed by atoms with E-state index in [1.54, 1.807) is 0 Å². The van der Waals surface area contributed by atoms with Crippen LogP contribution in [0.25, 0.3) is 0 Å². The van der Waals surface area contributed by atoms with Crippen LogP contribution < -0.4 is 0 Å². The number of fused-ring (bicyclic) bond motifs is 1. The number of nitrogens with zero attached hydrogens (tertiary/aromatic N) is 2. The van der Waals surface area contributed by atoms with E-state index in [-0.39, 0.29) is 6.04 Å². The van der Waals surface area contributed by atoms with Gasteiger partial charge < -0.3 is 4.90 Å². The first-order valence-electron chi connectivity index (χ1n) is 12.6. The molecule has 1 unspecified atom stereocenters. The van der Waals surface area contributed by atoms with E-state index >= 15 is 0 Å². The first-order chi connectivity index (χ1) is 16.6. The fraction of sp³-hybridized carbons (Fsp3) is 0.312. The van der Waals surface area contributed by atoms with Gasteiger partial charge in [-0.3, -0.25) is 4.90 Å². The average Bonchev–Trinajstić information content (AvgIpc) is 2.87. The molecular weight excluding hydrogens is 412 g/mol. The van der Waals surface area contributed by atoms with Crippen molar-refractivity contribution in [3.05, 3.63) is 132 Å². The normalized spacial score (nSPS) is 20.9. The van der Waals surface area contributed by atoms with Crippen LogP contribution in [0.3, 0.4) is 0 Å². The summed E-state index contributed by atoms with van der Waals surface area (Å²) in [6.45, 7) is 17.6. The summed E-state index contributed by atoms with van der Waals surface area (Å²) in [4.78, 5) is 5.00. The largest absolute Gasteiger partial charge is 0.348 e. The Hall–Kier alpha value is -3.10. The zero-order valence-electron chi connectivity index (χ0n) is 20.7. The molecule has 2 heterocycles. The van der Waals surface area contributed by atoms with Gasteiger partial charge in [0, 0.05) is 31.5 Å². The molecule has 1 aromatic rings. The Morgan fingerprint density at radius 3 is 2.53 bits per heavy atom. The van der Waals surface area contributed by atoms with Gasteiger partial charge in [-0.1, -0.05) is 93.0 Å². The van der Waals surface area contributed by atoms with Crippen molar-refractivity contribution in [3.63, 3.8) is 0 Å². The molecule has 0 spiro atoms. The number of hydrogen-bond acceptors (Lipinski definition) is 2. The van der Waals surface area contributed by atoms with E-state index < -0.39 is 0 Å². The van der Waals surface area contributed by atoms with E-state index in [0.29, 0.717) is 0 Å². The molecule has 0 amide bonds. The lowest BCUT2D eigenvalue weighted by Gasteiger charge is -2.45. The number of allylic oxidation sites excluding steroid dienone is 9. The van der Waals surface area contributed by atoms with Crippen LogP contribution in [0.5, 0.6) is 0 Å². The van der Waals surface area contributed by atoms with Crippen molar-refractivity contribution >= 4 is 0 Å². The molecule has 1 atom stereocenters. The summed E-state index contributed by atoms with van der Waals surface area (Å²) in [5.74, 6) is 0. The molecule has 0 radical (unpaired) electrons. The standard InChI is InChI=1S/C32H38N2/c1-5-11-29(7-3)32-31-22-25(4)30(19-18-27-12-9-8-10-13-27)24-33(31)20-21-34(32)23-28-16-14-26(6-2)15-17-28/h5,7,9,11-17,22,24,32H,1,3-4,6,8,10,18-21,23H2,2H3/b29-11+. The maximum absolute atomic E-state index is 4.45. The number of aryl methyl sites for hydroxylation is 1. The summed E-state index contributed by atoms with van der Waals surface area (Å²) in [6, 6.07) is 9.18.